The van der Waals surface area contributed by atoms with Crippen molar-refractivity contribution in [1.29, 1.82) is 0 Å². The van der Waals surface area contributed by atoms with Gasteiger partial charge in [-0.05, 0) is 30.7 Å². The van der Waals surface area contributed by atoms with Gasteiger partial charge in [-0.15, -0.1) is 0 Å². The van der Waals surface area contributed by atoms with Gasteiger partial charge in [0, 0.05) is 12.4 Å². The minimum atomic E-state index is -0.283. The Labute approximate surface area is 137 Å². The van der Waals surface area contributed by atoms with E-state index in [4.69, 9.17) is 0 Å². The van der Waals surface area contributed by atoms with Crippen molar-refractivity contribution in [2.45, 2.75) is 6.92 Å². The van der Waals surface area contributed by atoms with Crippen molar-refractivity contribution in [3.05, 3.63) is 66.1 Å². The number of carbonyl (C=O) groups is 1. The highest BCUT2D eigenvalue weighted by atomic mass is 16.1. The number of pyridine rings is 1. The van der Waals surface area contributed by atoms with Gasteiger partial charge in [0.05, 0.1) is 23.0 Å². The van der Waals surface area contributed by atoms with Crippen LogP contribution in [0.25, 0.3) is 16.7 Å². The fraction of sp³-hybridized carbons (Fsp3) is 0.0588. The van der Waals surface area contributed by atoms with Crippen molar-refractivity contribution in [3.63, 3.8) is 0 Å². The fourth-order valence-corrected chi connectivity index (χ4v) is 2.51. The van der Waals surface area contributed by atoms with Gasteiger partial charge in [-0.25, -0.2) is 4.68 Å². The monoisotopic (exact) mass is 318 g/mol. The van der Waals surface area contributed by atoms with Crippen molar-refractivity contribution in [3.8, 4) is 5.69 Å². The standard InChI is InChI=1S/C17H14N6O/c1-11-5-2-3-7-14(11)23-10-12(9-19-23)17(24)20-16-15-13(21-22-16)6-4-8-18-15/h2-10H,1H3,(H2,20,21,22,24). The maximum Gasteiger partial charge on any atom is 0.260 e. The minimum Gasteiger partial charge on any atom is -0.303 e. The number of benzene rings is 1. The number of hydrogen-bond acceptors (Lipinski definition) is 4. The third-order valence-electron chi connectivity index (χ3n) is 3.76. The molecular formula is C17H14N6O. The number of nitrogens with zero attached hydrogens (tertiary/aromatic N) is 4. The molecule has 0 radical (unpaired) electrons. The highest BCUT2D eigenvalue weighted by Gasteiger charge is 2.14. The molecule has 3 aromatic heterocycles. The molecule has 0 spiro atoms. The SMILES string of the molecule is Cc1ccccc1-n1cc(C(=O)Nc2n[nH]c3cccnc23)cn1. The van der Waals surface area contributed by atoms with Crippen molar-refractivity contribution < 1.29 is 4.79 Å². The summed E-state index contributed by atoms with van der Waals surface area (Å²) in [7, 11) is 0. The molecule has 0 fully saturated rings. The lowest BCUT2D eigenvalue weighted by Gasteiger charge is -2.04. The van der Waals surface area contributed by atoms with E-state index in [9.17, 15) is 4.79 Å². The van der Waals surface area contributed by atoms with Crippen LogP contribution in [0, 0.1) is 6.92 Å². The zero-order chi connectivity index (χ0) is 16.5. The second-order valence-electron chi connectivity index (χ2n) is 5.39. The first-order valence-corrected chi connectivity index (χ1v) is 7.43. The molecule has 3 heterocycles. The van der Waals surface area contributed by atoms with Gasteiger partial charge < -0.3 is 5.32 Å². The third kappa shape index (κ3) is 2.41. The normalized spacial score (nSPS) is 10.9. The lowest BCUT2D eigenvalue weighted by molar-refractivity contribution is 0.102. The van der Waals surface area contributed by atoms with Gasteiger partial charge in [0.2, 0.25) is 0 Å². The van der Waals surface area contributed by atoms with E-state index in [0.717, 1.165) is 16.8 Å². The first-order chi connectivity index (χ1) is 11.7. The van der Waals surface area contributed by atoms with Crippen LogP contribution in [0.5, 0.6) is 0 Å². The molecule has 4 rings (SSSR count). The van der Waals surface area contributed by atoms with Gasteiger partial charge in [0.25, 0.3) is 5.91 Å². The molecule has 0 aliphatic rings. The van der Waals surface area contributed by atoms with Crippen LogP contribution in [0.15, 0.2) is 55.0 Å². The molecule has 0 saturated heterocycles. The molecule has 0 aliphatic heterocycles. The summed E-state index contributed by atoms with van der Waals surface area (Å²) in [5.74, 6) is 0.119. The van der Waals surface area contributed by atoms with Gasteiger partial charge in [-0.1, -0.05) is 18.2 Å². The summed E-state index contributed by atoms with van der Waals surface area (Å²) < 4.78 is 1.69. The topological polar surface area (TPSA) is 88.5 Å². The molecule has 0 bridgehead atoms. The largest absolute Gasteiger partial charge is 0.303 e. The van der Waals surface area contributed by atoms with Crippen LogP contribution in [0.3, 0.4) is 0 Å². The fourth-order valence-electron chi connectivity index (χ4n) is 2.51. The van der Waals surface area contributed by atoms with E-state index in [2.05, 4.69) is 25.6 Å². The number of fused-ring (bicyclic) bond motifs is 1. The number of carbonyl (C=O) groups excluding carboxylic acids is 1. The minimum absolute atomic E-state index is 0.283. The summed E-state index contributed by atoms with van der Waals surface area (Å²) >= 11 is 0. The van der Waals surface area contributed by atoms with Crippen molar-refractivity contribution in [1.82, 2.24) is 25.0 Å². The molecule has 4 aromatic rings. The second kappa shape index (κ2) is 5.62. The summed E-state index contributed by atoms with van der Waals surface area (Å²) in [4.78, 5) is 16.7. The maximum atomic E-state index is 12.4. The summed E-state index contributed by atoms with van der Waals surface area (Å²) in [5, 5.41) is 14.0. The lowest BCUT2D eigenvalue weighted by Crippen LogP contribution is -2.11. The number of hydrogen-bond donors (Lipinski definition) is 2. The summed E-state index contributed by atoms with van der Waals surface area (Å²) in [6.07, 6.45) is 4.88. The number of aryl methyl sites for hydroxylation is 1. The number of anilines is 1. The quantitative estimate of drug-likeness (QED) is 0.608. The molecule has 2 N–H and O–H groups in total. The van der Waals surface area contributed by atoms with E-state index in [-0.39, 0.29) is 5.91 Å². The third-order valence-corrected chi connectivity index (χ3v) is 3.76. The van der Waals surface area contributed by atoms with Gasteiger partial charge in [0.15, 0.2) is 5.82 Å². The molecule has 0 atom stereocenters. The molecular weight excluding hydrogens is 304 g/mol. The Bertz CT molecular complexity index is 1030. The van der Waals surface area contributed by atoms with E-state index < -0.39 is 0 Å². The highest BCUT2D eigenvalue weighted by Crippen LogP contribution is 2.18. The van der Waals surface area contributed by atoms with Crippen LogP contribution in [-0.2, 0) is 0 Å². The highest BCUT2D eigenvalue weighted by molar-refractivity contribution is 6.06. The van der Waals surface area contributed by atoms with Crippen LogP contribution < -0.4 is 5.32 Å². The zero-order valence-corrected chi connectivity index (χ0v) is 12.9. The number of rotatable bonds is 3. The van der Waals surface area contributed by atoms with E-state index in [1.54, 1.807) is 23.1 Å². The Balaban J connectivity index is 1.61. The molecule has 24 heavy (non-hydrogen) atoms. The Kier molecular flexibility index (Phi) is 3.31. The van der Waals surface area contributed by atoms with Gasteiger partial charge in [0.1, 0.15) is 5.52 Å². The Morgan fingerprint density at radius 2 is 2.08 bits per heavy atom. The molecule has 1 amide bonds. The van der Waals surface area contributed by atoms with Crippen molar-refractivity contribution in [2.24, 2.45) is 0 Å². The predicted octanol–water partition coefficient (Wildman–Crippen LogP) is 2.70. The average molecular weight is 318 g/mol. The number of nitrogens with one attached hydrogen (secondary N) is 2. The first-order valence-electron chi connectivity index (χ1n) is 7.43. The molecule has 118 valence electrons. The zero-order valence-electron chi connectivity index (χ0n) is 12.9. The number of amides is 1. The summed E-state index contributed by atoms with van der Waals surface area (Å²) in [5.41, 5.74) is 3.85. The number of aromatic amines is 1. The number of H-pyrrole nitrogens is 1. The number of aromatic nitrogens is 5. The molecule has 1 aromatic carbocycles. The maximum absolute atomic E-state index is 12.4. The molecule has 0 saturated carbocycles. The Morgan fingerprint density at radius 3 is 2.96 bits per heavy atom. The molecule has 0 unspecified atom stereocenters. The summed E-state index contributed by atoms with van der Waals surface area (Å²) in [6, 6.07) is 11.5. The molecule has 7 nitrogen and oxygen atoms in total. The van der Waals surface area contributed by atoms with Gasteiger partial charge in [-0.3, -0.25) is 14.9 Å². The summed E-state index contributed by atoms with van der Waals surface area (Å²) in [6.45, 7) is 2.00. The van der Waals surface area contributed by atoms with Crippen LogP contribution >= 0.6 is 0 Å². The second-order valence-corrected chi connectivity index (χ2v) is 5.39. The van der Waals surface area contributed by atoms with Crippen LogP contribution in [0.1, 0.15) is 15.9 Å². The average Bonchev–Trinajstić information content (AvgIpc) is 3.23. The van der Waals surface area contributed by atoms with E-state index >= 15 is 0 Å². The smallest absolute Gasteiger partial charge is 0.260 e. The lowest BCUT2D eigenvalue weighted by atomic mass is 10.2. The molecule has 7 heteroatoms. The Hall–Kier alpha value is -3.48. The predicted molar refractivity (Wildman–Crippen MR) is 90.1 cm³/mol. The van der Waals surface area contributed by atoms with Crippen LogP contribution in [-0.4, -0.2) is 30.9 Å². The van der Waals surface area contributed by atoms with Crippen LogP contribution in [0.2, 0.25) is 0 Å². The van der Waals surface area contributed by atoms with Gasteiger partial charge in [-0.2, -0.15) is 10.2 Å². The van der Waals surface area contributed by atoms with E-state index in [1.807, 2.05) is 37.3 Å². The first kappa shape index (κ1) is 14.1. The number of para-hydroxylation sites is 1. The van der Waals surface area contributed by atoms with E-state index in [0.29, 0.717) is 16.9 Å². The van der Waals surface area contributed by atoms with Gasteiger partial charge >= 0.3 is 0 Å². The van der Waals surface area contributed by atoms with Crippen molar-refractivity contribution >= 4 is 22.8 Å². The molecule has 0 aliphatic carbocycles. The van der Waals surface area contributed by atoms with Crippen LogP contribution in [0.4, 0.5) is 5.82 Å². The Morgan fingerprint density at radius 1 is 1.21 bits per heavy atom. The van der Waals surface area contributed by atoms with E-state index in [1.165, 1.54) is 6.20 Å². The van der Waals surface area contributed by atoms with Crippen molar-refractivity contribution in [2.75, 3.05) is 5.32 Å².